The van der Waals surface area contributed by atoms with E-state index < -0.39 is 15.6 Å². The Hall–Kier alpha value is -1.35. The Morgan fingerprint density at radius 2 is 1.81 bits per heavy atom. The molecule has 21 heavy (non-hydrogen) atoms. The van der Waals surface area contributed by atoms with Crippen LogP contribution in [0.1, 0.15) is 39.2 Å². The fourth-order valence-corrected chi connectivity index (χ4v) is 3.21. The molecule has 1 aromatic carbocycles. The van der Waals surface area contributed by atoms with E-state index in [-0.39, 0.29) is 11.5 Å². The van der Waals surface area contributed by atoms with Crippen molar-refractivity contribution in [2.75, 3.05) is 13.7 Å². The molecule has 0 bridgehead atoms. The summed E-state index contributed by atoms with van der Waals surface area (Å²) in [6, 6.07) is 6.51. The highest BCUT2D eigenvalue weighted by atomic mass is 32.2. The van der Waals surface area contributed by atoms with Crippen LogP contribution >= 0.6 is 0 Å². The molecule has 1 N–H and O–H groups in total. The van der Waals surface area contributed by atoms with E-state index in [0.29, 0.717) is 6.42 Å². The minimum absolute atomic E-state index is 0.0242. The quantitative estimate of drug-likeness (QED) is 0.849. The third kappa shape index (κ3) is 4.31. The van der Waals surface area contributed by atoms with Crippen molar-refractivity contribution in [3.8, 4) is 11.8 Å². The van der Waals surface area contributed by atoms with Crippen LogP contribution in [0.4, 0.5) is 0 Å². The topological polar surface area (TPSA) is 57.6 Å². The molecule has 5 heteroatoms. The van der Waals surface area contributed by atoms with Gasteiger partial charge in [-0.15, -0.1) is 0 Å². The van der Waals surface area contributed by atoms with Crippen LogP contribution in [0.15, 0.2) is 29.2 Å². The molecule has 0 aromatic heterocycles. The van der Waals surface area contributed by atoms with Crippen LogP contribution in [-0.4, -0.2) is 37.0 Å². The van der Waals surface area contributed by atoms with Gasteiger partial charge < -0.3 is 5.11 Å². The molecule has 1 aromatic rings. The number of sulfonamides is 1. The SMILES string of the molecule is CCC(C)(C)N(C)S(=O)(=O)c1ccc(C#CCCO)cc1. The number of aliphatic hydroxyl groups is 1. The largest absolute Gasteiger partial charge is 0.395 e. The molecule has 0 spiro atoms. The van der Waals surface area contributed by atoms with E-state index in [4.69, 9.17) is 5.11 Å². The Kier molecular flexibility index (Phi) is 5.97. The highest BCUT2D eigenvalue weighted by Gasteiger charge is 2.32. The third-order valence-electron chi connectivity index (χ3n) is 3.70. The van der Waals surface area contributed by atoms with Gasteiger partial charge in [0.25, 0.3) is 0 Å². The van der Waals surface area contributed by atoms with E-state index >= 15 is 0 Å². The summed E-state index contributed by atoms with van der Waals surface area (Å²) in [5.74, 6) is 5.68. The lowest BCUT2D eigenvalue weighted by Crippen LogP contribution is -2.44. The average molecular weight is 309 g/mol. The molecule has 0 saturated heterocycles. The Morgan fingerprint density at radius 1 is 1.24 bits per heavy atom. The van der Waals surface area contributed by atoms with Gasteiger partial charge in [0.05, 0.1) is 11.5 Å². The van der Waals surface area contributed by atoms with Crippen LogP contribution < -0.4 is 0 Å². The zero-order valence-electron chi connectivity index (χ0n) is 13.0. The highest BCUT2D eigenvalue weighted by Crippen LogP contribution is 2.25. The first-order valence-corrected chi connectivity index (χ1v) is 8.38. The van der Waals surface area contributed by atoms with Crippen LogP contribution in [0.2, 0.25) is 0 Å². The highest BCUT2D eigenvalue weighted by molar-refractivity contribution is 7.89. The second kappa shape index (κ2) is 7.08. The summed E-state index contributed by atoms with van der Waals surface area (Å²) >= 11 is 0. The van der Waals surface area contributed by atoms with Gasteiger partial charge in [-0.1, -0.05) is 18.8 Å². The molecule has 0 aliphatic rings. The number of rotatable bonds is 5. The van der Waals surface area contributed by atoms with Crippen molar-refractivity contribution < 1.29 is 13.5 Å². The van der Waals surface area contributed by atoms with Crippen molar-refractivity contribution in [1.29, 1.82) is 0 Å². The number of nitrogens with zero attached hydrogens (tertiary/aromatic N) is 1. The normalized spacial score (nSPS) is 12.1. The molecule has 0 atom stereocenters. The van der Waals surface area contributed by atoms with Gasteiger partial charge in [-0.05, 0) is 44.5 Å². The van der Waals surface area contributed by atoms with Gasteiger partial charge in [-0.2, -0.15) is 4.31 Å². The van der Waals surface area contributed by atoms with Crippen molar-refractivity contribution in [1.82, 2.24) is 4.31 Å². The fourth-order valence-electron chi connectivity index (χ4n) is 1.64. The van der Waals surface area contributed by atoms with E-state index in [0.717, 1.165) is 12.0 Å². The molecule has 1 rings (SSSR count). The Bertz CT molecular complexity index is 622. The molecule has 116 valence electrons. The molecule has 4 nitrogen and oxygen atoms in total. The second-order valence-corrected chi connectivity index (χ2v) is 7.41. The predicted octanol–water partition coefficient (Wildman–Crippen LogP) is 2.23. The van der Waals surface area contributed by atoms with Gasteiger partial charge in [0.15, 0.2) is 0 Å². The summed E-state index contributed by atoms with van der Waals surface area (Å²) in [6.45, 7) is 5.79. The summed E-state index contributed by atoms with van der Waals surface area (Å²) in [7, 11) is -1.90. The molecule has 0 saturated carbocycles. The summed E-state index contributed by atoms with van der Waals surface area (Å²) in [4.78, 5) is 0.263. The molecule has 0 aliphatic carbocycles. The minimum Gasteiger partial charge on any atom is -0.395 e. The number of hydrogen-bond acceptors (Lipinski definition) is 3. The molecule has 0 aliphatic heterocycles. The first-order valence-electron chi connectivity index (χ1n) is 6.94. The maximum atomic E-state index is 12.6. The zero-order valence-corrected chi connectivity index (χ0v) is 13.9. The smallest absolute Gasteiger partial charge is 0.243 e. The average Bonchev–Trinajstić information content (AvgIpc) is 2.47. The van der Waals surface area contributed by atoms with Crippen molar-refractivity contribution in [2.24, 2.45) is 0 Å². The van der Waals surface area contributed by atoms with Gasteiger partial charge in [0.1, 0.15) is 0 Å². The fraction of sp³-hybridized carbons (Fsp3) is 0.500. The summed E-state index contributed by atoms with van der Waals surface area (Å²) in [6.07, 6.45) is 1.14. The Balaban J connectivity index is 3.04. The monoisotopic (exact) mass is 309 g/mol. The van der Waals surface area contributed by atoms with E-state index in [1.165, 1.54) is 4.31 Å². The second-order valence-electron chi connectivity index (χ2n) is 5.44. The minimum atomic E-state index is -3.51. The molecular weight excluding hydrogens is 286 g/mol. The zero-order chi connectivity index (χ0) is 16.1. The van der Waals surface area contributed by atoms with Gasteiger partial charge >= 0.3 is 0 Å². The summed E-state index contributed by atoms with van der Waals surface area (Å²) in [5.41, 5.74) is 0.304. The van der Waals surface area contributed by atoms with Gasteiger partial charge in [-0.25, -0.2) is 8.42 Å². The standard InChI is InChI=1S/C16H23NO3S/c1-5-16(2,3)17(4)21(19,20)15-11-9-14(10-12-15)8-6-7-13-18/h9-12,18H,5,7,13H2,1-4H3. The maximum absolute atomic E-state index is 12.6. The van der Waals surface area contributed by atoms with Crippen molar-refractivity contribution in [3.63, 3.8) is 0 Å². The summed E-state index contributed by atoms with van der Waals surface area (Å²) < 4.78 is 26.5. The predicted molar refractivity (Wildman–Crippen MR) is 84.3 cm³/mol. The molecule has 0 heterocycles. The maximum Gasteiger partial charge on any atom is 0.243 e. The van der Waals surface area contributed by atoms with E-state index in [2.05, 4.69) is 11.8 Å². The Labute approximate surface area is 127 Å². The van der Waals surface area contributed by atoms with Crippen LogP contribution in [0, 0.1) is 11.8 Å². The number of benzene rings is 1. The van der Waals surface area contributed by atoms with E-state index in [1.807, 2.05) is 20.8 Å². The number of aliphatic hydroxyl groups excluding tert-OH is 1. The van der Waals surface area contributed by atoms with Crippen LogP contribution in [0.25, 0.3) is 0 Å². The lowest BCUT2D eigenvalue weighted by Gasteiger charge is -2.33. The molecular formula is C16H23NO3S. The molecule has 0 radical (unpaired) electrons. The molecule has 0 fully saturated rings. The Morgan fingerprint density at radius 3 is 2.29 bits per heavy atom. The first kappa shape index (κ1) is 17.7. The first-order chi connectivity index (χ1) is 9.75. The van der Waals surface area contributed by atoms with Crippen LogP contribution in [0.3, 0.4) is 0 Å². The third-order valence-corrected chi connectivity index (χ3v) is 5.78. The van der Waals surface area contributed by atoms with Crippen molar-refractivity contribution in [3.05, 3.63) is 29.8 Å². The summed E-state index contributed by atoms with van der Waals surface area (Å²) in [5, 5.41) is 8.67. The van der Waals surface area contributed by atoms with E-state index in [9.17, 15) is 8.42 Å². The molecule has 0 unspecified atom stereocenters. The van der Waals surface area contributed by atoms with Crippen LogP contribution in [-0.2, 0) is 10.0 Å². The lowest BCUT2D eigenvalue weighted by molar-refractivity contribution is 0.257. The lowest BCUT2D eigenvalue weighted by atomic mass is 10.0. The van der Waals surface area contributed by atoms with E-state index in [1.54, 1.807) is 31.3 Å². The number of hydrogen-bond donors (Lipinski definition) is 1. The van der Waals surface area contributed by atoms with Crippen LogP contribution in [0.5, 0.6) is 0 Å². The van der Waals surface area contributed by atoms with Crippen molar-refractivity contribution >= 4 is 10.0 Å². The van der Waals surface area contributed by atoms with Gasteiger partial charge in [-0.3, -0.25) is 0 Å². The van der Waals surface area contributed by atoms with Crippen molar-refractivity contribution in [2.45, 2.75) is 44.0 Å². The van der Waals surface area contributed by atoms with Gasteiger partial charge in [0.2, 0.25) is 10.0 Å². The van der Waals surface area contributed by atoms with Gasteiger partial charge in [0, 0.05) is 24.6 Å². The molecule has 0 amide bonds.